The second-order valence-electron chi connectivity index (χ2n) is 6.65. The Hall–Kier alpha value is -2.66. The number of hydrogen-bond donors (Lipinski definition) is 4. The number of benzene rings is 2. The Morgan fingerprint density at radius 1 is 1.17 bits per heavy atom. The van der Waals surface area contributed by atoms with Crippen molar-refractivity contribution >= 4 is 15.9 Å². The van der Waals surface area contributed by atoms with Crippen LogP contribution in [0, 0.1) is 0 Å². The van der Waals surface area contributed by atoms with Gasteiger partial charge in [0.2, 0.25) is 15.9 Å². The number of sulfonamides is 1. The second-order valence-corrected chi connectivity index (χ2v) is 8.18. The smallest absolute Gasteiger partial charge is 0.241 e. The van der Waals surface area contributed by atoms with Crippen LogP contribution in [0.1, 0.15) is 23.6 Å². The number of methoxy groups -OCH3 is 2. The van der Waals surface area contributed by atoms with Gasteiger partial charge in [-0.2, -0.15) is 0 Å². The van der Waals surface area contributed by atoms with Gasteiger partial charge in [-0.1, -0.05) is 18.2 Å². The summed E-state index contributed by atoms with van der Waals surface area (Å²) in [7, 11) is -0.969. The number of hydrogen-bond acceptors (Lipinski definition) is 7. The predicted molar refractivity (Wildman–Crippen MR) is 107 cm³/mol. The minimum atomic E-state index is -3.94. The molecule has 1 aliphatic rings. The molecule has 2 unspecified atom stereocenters. The number of ether oxygens (including phenoxy) is 2. The van der Waals surface area contributed by atoms with Gasteiger partial charge in [-0.3, -0.25) is 4.79 Å². The predicted octanol–water partition coefficient (Wildman–Crippen LogP) is 0.575. The van der Waals surface area contributed by atoms with Crippen LogP contribution in [0.5, 0.6) is 11.5 Å². The highest BCUT2D eigenvalue weighted by Crippen LogP contribution is 2.29. The maximum atomic E-state index is 12.5. The summed E-state index contributed by atoms with van der Waals surface area (Å²) in [5.41, 5.74) is 7.59. The van der Waals surface area contributed by atoms with E-state index in [0.717, 1.165) is 11.3 Å². The fourth-order valence-electron chi connectivity index (χ4n) is 3.17. The van der Waals surface area contributed by atoms with Crippen LogP contribution in [0.15, 0.2) is 47.4 Å². The lowest BCUT2D eigenvalue weighted by Crippen LogP contribution is -2.42. The van der Waals surface area contributed by atoms with Crippen molar-refractivity contribution in [1.82, 2.24) is 16.2 Å². The van der Waals surface area contributed by atoms with Gasteiger partial charge in [0, 0.05) is 12.6 Å². The summed E-state index contributed by atoms with van der Waals surface area (Å²) in [6.45, 7) is 0.372. The first-order valence-corrected chi connectivity index (χ1v) is 10.5. The van der Waals surface area contributed by atoms with E-state index in [1.165, 1.54) is 13.2 Å². The topological polar surface area (TPSA) is 132 Å². The molecule has 10 heteroatoms. The van der Waals surface area contributed by atoms with E-state index < -0.39 is 16.1 Å². The van der Waals surface area contributed by atoms with E-state index in [1.54, 1.807) is 19.2 Å². The molecule has 29 heavy (non-hydrogen) atoms. The van der Waals surface area contributed by atoms with E-state index in [-0.39, 0.29) is 22.6 Å². The monoisotopic (exact) mass is 420 g/mol. The summed E-state index contributed by atoms with van der Waals surface area (Å²) in [6.07, 6.45) is 0.445. The Labute approximate surface area is 169 Å². The Balaban J connectivity index is 1.64. The average Bonchev–Trinajstić information content (AvgIpc) is 3.21. The van der Waals surface area contributed by atoms with Gasteiger partial charge in [0.1, 0.15) is 22.4 Å². The average molecular weight is 420 g/mol. The van der Waals surface area contributed by atoms with Crippen LogP contribution in [0.4, 0.5) is 0 Å². The summed E-state index contributed by atoms with van der Waals surface area (Å²) < 4.78 is 33.9. The third-order valence-electron chi connectivity index (χ3n) is 4.72. The van der Waals surface area contributed by atoms with Gasteiger partial charge in [-0.15, -0.1) is 0 Å². The standard InChI is InChI=1S/C19H24N4O5S/c1-27-14-5-3-4-12(8-14)11-21-19(24)16-10-15(22-23-16)13-6-7-17(28-2)18(9-13)29(20,25)26/h3-9,15-16,22-23H,10-11H2,1-2H3,(H,21,24)(H2,20,25,26). The van der Waals surface area contributed by atoms with Crippen molar-refractivity contribution in [2.24, 2.45) is 5.14 Å². The summed E-state index contributed by atoms with van der Waals surface area (Å²) in [5, 5.41) is 8.16. The van der Waals surface area contributed by atoms with Gasteiger partial charge in [0.15, 0.2) is 0 Å². The number of carbonyl (C=O) groups is 1. The van der Waals surface area contributed by atoms with Crippen molar-refractivity contribution in [1.29, 1.82) is 0 Å². The molecule has 9 nitrogen and oxygen atoms in total. The zero-order chi connectivity index (χ0) is 21.0. The van der Waals surface area contributed by atoms with E-state index in [0.29, 0.717) is 18.5 Å². The molecule has 0 aromatic heterocycles. The molecular weight excluding hydrogens is 396 g/mol. The molecule has 1 fully saturated rings. The molecule has 0 radical (unpaired) electrons. The van der Waals surface area contributed by atoms with Gasteiger partial charge in [-0.25, -0.2) is 24.4 Å². The first-order valence-electron chi connectivity index (χ1n) is 8.94. The normalized spacial score (nSPS) is 19.0. The first-order chi connectivity index (χ1) is 13.8. The Kier molecular flexibility index (Phi) is 6.38. The third-order valence-corrected chi connectivity index (χ3v) is 5.65. The van der Waals surface area contributed by atoms with Crippen molar-refractivity contribution in [2.45, 2.75) is 29.9 Å². The van der Waals surface area contributed by atoms with Crippen molar-refractivity contribution in [3.05, 3.63) is 53.6 Å². The highest BCUT2D eigenvalue weighted by Gasteiger charge is 2.31. The third kappa shape index (κ3) is 5.04. The summed E-state index contributed by atoms with van der Waals surface area (Å²) in [5.74, 6) is 0.737. The second kappa shape index (κ2) is 8.78. The minimum absolute atomic E-state index is 0.0924. The summed E-state index contributed by atoms with van der Waals surface area (Å²) in [4.78, 5) is 12.4. The molecule has 1 heterocycles. The van der Waals surface area contributed by atoms with Crippen molar-refractivity contribution in [3.8, 4) is 11.5 Å². The molecule has 2 aromatic carbocycles. The van der Waals surface area contributed by atoms with E-state index in [4.69, 9.17) is 14.6 Å². The van der Waals surface area contributed by atoms with E-state index in [1.807, 2.05) is 24.3 Å². The zero-order valence-corrected chi connectivity index (χ0v) is 17.0. The molecule has 1 saturated heterocycles. The van der Waals surface area contributed by atoms with E-state index in [2.05, 4.69) is 16.2 Å². The maximum absolute atomic E-state index is 12.5. The Morgan fingerprint density at radius 3 is 2.66 bits per heavy atom. The Bertz CT molecular complexity index is 996. The molecule has 3 rings (SSSR count). The fourth-order valence-corrected chi connectivity index (χ4v) is 3.91. The van der Waals surface area contributed by atoms with Gasteiger partial charge in [0.25, 0.3) is 0 Å². The fraction of sp³-hybridized carbons (Fsp3) is 0.316. The molecule has 1 amide bonds. The van der Waals surface area contributed by atoms with E-state index >= 15 is 0 Å². The van der Waals surface area contributed by atoms with E-state index in [9.17, 15) is 13.2 Å². The highest BCUT2D eigenvalue weighted by molar-refractivity contribution is 7.89. The molecule has 2 aromatic rings. The van der Waals surface area contributed by atoms with Gasteiger partial charge in [-0.05, 0) is 41.8 Å². The lowest BCUT2D eigenvalue weighted by atomic mass is 10.0. The summed E-state index contributed by atoms with van der Waals surface area (Å²) in [6, 6.07) is 11.5. The molecular formula is C19H24N4O5S. The number of hydrazine groups is 1. The van der Waals surface area contributed by atoms with Crippen LogP contribution in [0.25, 0.3) is 0 Å². The van der Waals surface area contributed by atoms with Gasteiger partial charge < -0.3 is 14.8 Å². The number of primary sulfonamides is 1. The SMILES string of the molecule is COc1cccc(CNC(=O)C2CC(c3ccc(OC)c(S(N)(=O)=O)c3)NN2)c1. The van der Waals surface area contributed by atoms with Crippen LogP contribution in [-0.4, -0.2) is 34.6 Å². The molecule has 156 valence electrons. The lowest BCUT2D eigenvalue weighted by Gasteiger charge is -2.13. The first kappa shape index (κ1) is 21.1. The van der Waals surface area contributed by atoms with Gasteiger partial charge >= 0.3 is 0 Å². The lowest BCUT2D eigenvalue weighted by molar-refractivity contribution is -0.123. The zero-order valence-electron chi connectivity index (χ0n) is 16.1. The minimum Gasteiger partial charge on any atom is -0.497 e. The quantitative estimate of drug-likeness (QED) is 0.515. The number of nitrogens with two attached hydrogens (primary N) is 1. The number of nitrogens with one attached hydrogen (secondary N) is 3. The van der Waals surface area contributed by atoms with Crippen LogP contribution in [-0.2, 0) is 21.4 Å². The van der Waals surface area contributed by atoms with Crippen LogP contribution in [0.2, 0.25) is 0 Å². The number of rotatable bonds is 7. The number of amides is 1. The van der Waals surface area contributed by atoms with Crippen LogP contribution in [0.3, 0.4) is 0 Å². The van der Waals surface area contributed by atoms with Crippen molar-refractivity contribution in [2.75, 3.05) is 14.2 Å². The number of carbonyl (C=O) groups excluding carboxylic acids is 1. The summed E-state index contributed by atoms with van der Waals surface area (Å²) >= 11 is 0. The Morgan fingerprint density at radius 2 is 1.97 bits per heavy atom. The van der Waals surface area contributed by atoms with Crippen LogP contribution >= 0.6 is 0 Å². The largest absolute Gasteiger partial charge is 0.497 e. The molecule has 0 aliphatic carbocycles. The molecule has 0 saturated carbocycles. The van der Waals surface area contributed by atoms with Crippen molar-refractivity contribution in [3.63, 3.8) is 0 Å². The molecule has 0 bridgehead atoms. The molecule has 2 atom stereocenters. The van der Waals surface area contributed by atoms with Crippen LogP contribution < -0.4 is 30.8 Å². The molecule has 1 aliphatic heterocycles. The van der Waals surface area contributed by atoms with Crippen molar-refractivity contribution < 1.29 is 22.7 Å². The maximum Gasteiger partial charge on any atom is 0.241 e. The molecule has 0 spiro atoms. The van der Waals surface area contributed by atoms with Gasteiger partial charge in [0.05, 0.1) is 14.2 Å². The molecule has 5 N–H and O–H groups in total. The highest BCUT2D eigenvalue weighted by atomic mass is 32.2.